The van der Waals surface area contributed by atoms with E-state index in [0.29, 0.717) is 6.54 Å². The summed E-state index contributed by atoms with van der Waals surface area (Å²) in [5.41, 5.74) is 8.06. The Kier molecular flexibility index (Phi) is 4.16. The van der Waals surface area contributed by atoms with Gasteiger partial charge in [0, 0.05) is 17.6 Å². The molecule has 1 aromatic rings. The number of carbonyl (C=O) groups is 2. The predicted octanol–water partition coefficient (Wildman–Crippen LogP) is 1.31. The van der Waals surface area contributed by atoms with Crippen LogP contribution < -0.4 is 16.0 Å². The quantitative estimate of drug-likeness (QED) is 0.884. The Hall–Kier alpha value is -1.88. The van der Waals surface area contributed by atoms with Gasteiger partial charge in [0.25, 0.3) is 0 Å². The highest BCUT2D eigenvalue weighted by Crippen LogP contribution is 2.42. The lowest BCUT2D eigenvalue weighted by Crippen LogP contribution is -2.52. The lowest BCUT2D eigenvalue weighted by atomic mass is 9.69. The van der Waals surface area contributed by atoms with Gasteiger partial charge in [-0.2, -0.15) is 0 Å². The normalized spacial score (nSPS) is 21.6. The highest BCUT2D eigenvalue weighted by Gasteiger charge is 2.37. The van der Waals surface area contributed by atoms with E-state index in [4.69, 9.17) is 5.73 Å². The summed E-state index contributed by atoms with van der Waals surface area (Å²) >= 11 is 0. The molecule has 0 aromatic heterocycles. The lowest BCUT2D eigenvalue weighted by molar-refractivity contribution is -0.128. The largest absolute Gasteiger partial charge is 0.345 e. The summed E-state index contributed by atoms with van der Waals surface area (Å²) in [5.74, 6) is -0.171. The van der Waals surface area contributed by atoms with Crippen LogP contribution in [0.4, 0.5) is 5.69 Å². The second-order valence-electron chi connectivity index (χ2n) is 6.32. The molecular weight excluding hydrogens is 278 g/mol. The molecule has 1 saturated carbocycles. The Morgan fingerprint density at radius 3 is 2.59 bits per heavy atom. The van der Waals surface area contributed by atoms with Crippen molar-refractivity contribution >= 4 is 17.5 Å². The molecule has 2 fully saturated rings. The Morgan fingerprint density at radius 1 is 1.14 bits per heavy atom. The molecule has 22 heavy (non-hydrogen) atoms. The van der Waals surface area contributed by atoms with Crippen LogP contribution in [0.25, 0.3) is 0 Å². The standard InChI is InChI=1S/C17H23N3O2/c18-12-17(8-4-1-5-9-17)13-6-2-3-7-14(13)20-11-15(21)19-10-16(20)22/h2-3,6-7H,1,4-5,8-12,18H2,(H,19,21). The van der Waals surface area contributed by atoms with Gasteiger partial charge in [0.2, 0.25) is 11.8 Å². The summed E-state index contributed by atoms with van der Waals surface area (Å²) in [7, 11) is 0. The monoisotopic (exact) mass is 301 g/mol. The zero-order valence-electron chi connectivity index (χ0n) is 12.8. The van der Waals surface area contributed by atoms with Crippen molar-refractivity contribution in [3.63, 3.8) is 0 Å². The van der Waals surface area contributed by atoms with Crippen molar-refractivity contribution in [2.75, 3.05) is 24.5 Å². The molecule has 3 N–H and O–H groups in total. The van der Waals surface area contributed by atoms with E-state index in [1.807, 2.05) is 18.2 Å². The van der Waals surface area contributed by atoms with Gasteiger partial charge in [-0.1, -0.05) is 37.5 Å². The number of nitrogens with one attached hydrogen (secondary N) is 1. The number of benzene rings is 1. The number of hydrogen-bond acceptors (Lipinski definition) is 3. The molecule has 5 heteroatoms. The summed E-state index contributed by atoms with van der Waals surface area (Å²) in [4.78, 5) is 25.6. The van der Waals surface area contributed by atoms with Crippen LogP contribution in [-0.2, 0) is 15.0 Å². The summed E-state index contributed by atoms with van der Waals surface area (Å²) in [6.07, 6.45) is 5.68. The maximum Gasteiger partial charge on any atom is 0.246 e. The van der Waals surface area contributed by atoms with Crippen molar-refractivity contribution in [3.8, 4) is 0 Å². The Bertz CT molecular complexity index is 579. The number of anilines is 1. The molecule has 5 nitrogen and oxygen atoms in total. The number of amides is 2. The van der Waals surface area contributed by atoms with E-state index < -0.39 is 0 Å². The van der Waals surface area contributed by atoms with Gasteiger partial charge in [-0.05, 0) is 24.5 Å². The average molecular weight is 301 g/mol. The molecule has 0 radical (unpaired) electrons. The number of hydrogen-bond donors (Lipinski definition) is 2. The first-order valence-electron chi connectivity index (χ1n) is 8.03. The number of piperazine rings is 1. The second kappa shape index (κ2) is 6.08. The predicted molar refractivity (Wildman–Crippen MR) is 85.6 cm³/mol. The zero-order valence-corrected chi connectivity index (χ0v) is 12.8. The van der Waals surface area contributed by atoms with E-state index >= 15 is 0 Å². The summed E-state index contributed by atoms with van der Waals surface area (Å²) in [6, 6.07) is 7.94. The van der Waals surface area contributed by atoms with Crippen molar-refractivity contribution in [2.24, 2.45) is 5.73 Å². The van der Waals surface area contributed by atoms with Crippen LogP contribution >= 0.6 is 0 Å². The molecule has 0 bridgehead atoms. The first kappa shape index (κ1) is 15.0. The maximum atomic E-state index is 12.2. The average Bonchev–Trinajstić information content (AvgIpc) is 2.58. The van der Waals surface area contributed by atoms with Gasteiger partial charge in [-0.25, -0.2) is 0 Å². The van der Waals surface area contributed by atoms with Crippen LogP contribution in [0.3, 0.4) is 0 Å². The van der Waals surface area contributed by atoms with Gasteiger partial charge in [-0.15, -0.1) is 0 Å². The van der Waals surface area contributed by atoms with E-state index in [2.05, 4.69) is 11.4 Å². The summed E-state index contributed by atoms with van der Waals surface area (Å²) in [6.45, 7) is 0.748. The summed E-state index contributed by atoms with van der Waals surface area (Å²) in [5, 5.41) is 2.60. The van der Waals surface area contributed by atoms with Gasteiger partial charge < -0.3 is 16.0 Å². The van der Waals surface area contributed by atoms with E-state index in [0.717, 1.165) is 24.1 Å². The first-order chi connectivity index (χ1) is 10.7. The Balaban J connectivity index is 2.02. The molecule has 2 amide bonds. The van der Waals surface area contributed by atoms with Crippen molar-refractivity contribution in [2.45, 2.75) is 37.5 Å². The molecule has 1 aliphatic carbocycles. The molecule has 1 heterocycles. The number of nitrogens with zero attached hydrogens (tertiary/aromatic N) is 1. The first-order valence-corrected chi connectivity index (χ1v) is 8.03. The fraction of sp³-hybridized carbons (Fsp3) is 0.529. The van der Waals surface area contributed by atoms with E-state index in [1.54, 1.807) is 4.90 Å². The van der Waals surface area contributed by atoms with Crippen LogP contribution in [0.15, 0.2) is 24.3 Å². The third-order valence-electron chi connectivity index (χ3n) is 5.01. The fourth-order valence-electron chi connectivity index (χ4n) is 3.75. The zero-order chi connectivity index (χ0) is 15.6. The molecule has 1 aliphatic heterocycles. The van der Waals surface area contributed by atoms with Gasteiger partial charge in [0.15, 0.2) is 0 Å². The molecule has 2 aliphatic rings. The Labute approximate surface area is 130 Å². The molecule has 1 saturated heterocycles. The third-order valence-corrected chi connectivity index (χ3v) is 5.01. The molecule has 3 rings (SSSR count). The van der Waals surface area contributed by atoms with Gasteiger partial charge in [0.1, 0.15) is 6.54 Å². The third kappa shape index (κ3) is 2.61. The van der Waals surface area contributed by atoms with Crippen molar-refractivity contribution in [3.05, 3.63) is 29.8 Å². The maximum absolute atomic E-state index is 12.2. The van der Waals surface area contributed by atoms with Crippen LogP contribution in [-0.4, -0.2) is 31.4 Å². The van der Waals surface area contributed by atoms with Crippen molar-refractivity contribution < 1.29 is 9.59 Å². The molecular formula is C17H23N3O2. The number of nitrogens with two attached hydrogens (primary N) is 1. The van der Waals surface area contributed by atoms with E-state index in [9.17, 15) is 9.59 Å². The van der Waals surface area contributed by atoms with Crippen LogP contribution in [0.1, 0.15) is 37.7 Å². The molecule has 0 unspecified atom stereocenters. The van der Waals surface area contributed by atoms with Crippen LogP contribution in [0.5, 0.6) is 0 Å². The van der Waals surface area contributed by atoms with Gasteiger partial charge >= 0.3 is 0 Å². The minimum absolute atomic E-state index is 0.0602. The van der Waals surface area contributed by atoms with Crippen LogP contribution in [0.2, 0.25) is 0 Å². The fourth-order valence-corrected chi connectivity index (χ4v) is 3.75. The highest BCUT2D eigenvalue weighted by atomic mass is 16.2. The van der Waals surface area contributed by atoms with Crippen LogP contribution in [0, 0.1) is 0 Å². The Morgan fingerprint density at radius 2 is 1.86 bits per heavy atom. The van der Waals surface area contributed by atoms with Gasteiger partial charge in [0.05, 0.1) is 6.54 Å². The van der Waals surface area contributed by atoms with E-state index in [1.165, 1.54) is 19.3 Å². The number of para-hydroxylation sites is 1. The minimum Gasteiger partial charge on any atom is -0.345 e. The molecule has 0 spiro atoms. The SMILES string of the molecule is NCC1(c2ccccc2N2CC(=O)NCC2=O)CCCCC1. The van der Waals surface area contributed by atoms with Crippen molar-refractivity contribution in [1.29, 1.82) is 0 Å². The smallest absolute Gasteiger partial charge is 0.246 e. The topological polar surface area (TPSA) is 75.4 Å². The molecule has 118 valence electrons. The number of rotatable bonds is 3. The van der Waals surface area contributed by atoms with Crippen molar-refractivity contribution in [1.82, 2.24) is 5.32 Å². The summed E-state index contributed by atoms with van der Waals surface area (Å²) < 4.78 is 0. The highest BCUT2D eigenvalue weighted by molar-refractivity contribution is 6.05. The molecule has 1 aromatic carbocycles. The molecule has 0 atom stereocenters. The number of carbonyl (C=O) groups excluding carboxylic acids is 2. The lowest BCUT2D eigenvalue weighted by Gasteiger charge is -2.40. The minimum atomic E-state index is -0.111. The van der Waals surface area contributed by atoms with Gasteiger partial charge in [-0.3, -0.25) is 9.59 Å². The second-order valence-corrected chi connectivity index (χ2v) is 6.32. The van der Waals surface area contributed by atoms with E-state index in [-0.39, 0.29) is 30.3 Å².